The van der Waals surface area contributed by atoms with E-state index in [0.29, 0.717) is 13.2 Å². The van der Waals surface area contributed by atoms with Crippen LogP contribution in [0.5, 0.6) is 0 Å². The van der Waals surface area contributed by atoms with Crippen molar-refractivity contribution in [1.29, 1.82) is 0 Å². The van der Waals surface area contributed by atoms with Gasteiger partial charge in [-0.05, 0) is 6.92 Å². The van der Waals surface area contributed by atoms with Crippen LogP contribution in [0, 0.1) is 5.92 Å². The third-order valence-corrected chi connectivity index (χ3v) is 1.65. The van der Waals surface area contributed by atoms with E-state index in [2.05, 4.69) is 0 Å². The molecule has 0 aromatic rings. The number of carbonyl (C=O) groups is 2. The second kappa shape index (κ2) is 4.81. The summed E-state index contributed by atoms with van der Waals surface area (Å²) in [5.74, 6) is -1.95. The van der Waals surface area contributed by atoms with Crippen molar-refractivity contribution in [2.75, 3.05) is 26.4 Å². The molecule has 1 fully saturated rings. The number of cyclic esters (lactones) is 2. The highest BCUT2D eigenvalue weighted by Gasteiger charge is 2.24. The molecule has 13 heavy (non-hydrogen) atoms. The molecule has 1 saturated heterocycles. The van der Waals surface area contributed by atoms with Crippen molar-refractivity contribution in [3.63, 3.8) is 0 Å². The van der Waals surface area contributed by atoms with Crippen molar-refractivity contribution >= 4 is 11.9 Å². The van der Waals surface area contributed by atoms with E-state index in [1.807, 2.05) is 0 Å². The molecule has 1 aliphatic rings. The lowest BCUT2D eigenvalue weighted by Gasteiger charge is -2.14. The summed E-state index contributed by atoms with van der Waals surface area (Å²) < 4.78 is 14.5. The zero-order chi connectivity index (χ0) is 9.68. The Morgan fingerprint density at radius 1 is 1.00 bits per heavy atom. The Bertz CT molecular complexity index is 181. The average molecular weight is 188 g/mol. The number of hydrogen-bond donors (Lipinski definition) is 0. The average Bonchev–Trinajstić information content (AvgIpc) is 2.13. The second-order valence-electron chi connectivity index (χ2n) is 2.67. The number of rotatable bonds is 0. The fourth-order valence-electron chi connectivity index (χ4n) is 0.851. The molecule has 0 radical (unpaired) electrons. The summed E-state index contributed by atoms with van der Waals surface area (Å²) in [6.07, 6.45) is 0. The molecule has 5 heteroatoms. The molecule has 74 valence electrons. The molecule has 0 amide bonds. The summed E-state index contributed by atoms with van der Waals surface area (Å²) in [5.41, 5.74) is 0. The predicted molar refractivity (Wildman–Crippen MR) is 41.9 cm³/mol. The van der Waals surface area contributed by atoms with E-state index < -0.39 is 17.9 Å². The monoisotopic (exact) mass is 188 g/mol. The maximum Gasteiger partial charge on any atom is 0.320 e. The fourth-order valence-corrected chi connectivity index (χ4v) is 0.851. The van der Waals surface area contributed by atoms with E-state index in [-0.39, 0.29) is 13.2 Å². The summed E-state index contributed by atoms with van der Waals surface area (Å²) in [6, 6.07) is 0. The summed E-state index contributed by atoms with van der Waals surface area (Å²) in [7, 11) is 0. The minimum atomic E-state index is -0.835. The summed E-state index contributed by atoms with van der Waals surface area (Å²) >= 11 is 0. The van der Waals surface area contributed by atoms with E-state index in [9.17, 15) is 9.59 Å². The minimum absolute atomic E-state index is 0.191. The lowest BCUT2D eigenvalue weighted by molar-refractivity contribution is -0.165. The molecule has 0 bridgehead atoms. The van der Waals surface area contributed by atoms with Crippen LogP contribution in [0.25, 0.3) is 0 Å². The highest BCUT2D eigenvalue weighted by atomic mass is 16.6. The van der Waals surface area contributed by atoms with Crippen molar-refractivity contribution < 1.29 is 23.8 Å². The Labute approximate surface area is 76.0 Å². The van der Waals surface area contributed by atoms with Gasteiger partial charge in [-0.15, -0.1) is 0 Å². The van der Waals surface area contributed by atoms with Crippen LogP contribution < -0.4 is 0 Å². The van der Waals surface area contributed by atoms with Gasteiger partial charge < -0.3 is 14.2 Å². The molecule has 5 nitrogen and oxygen atoms in total. The summed E-state index contributed by atoms with van der Waals surface area (Å²) in [4.78, 5) is 22.1. The van der Waals surface area contributed by atoms with Gasteiger partial charge in [-0.25, -0.2) is 0 Å². The van der Waals surface area contributed by atoms with Crippen LogP contribution in [-0.2, 0) is 23.8 Å². The molecule has 0 aromatic carbocycles. The molecular weight excluding hydrogens is 176 g/mol. The van der Waals surface area contributed by atoms with Crippen molar-refractivity contribution in [2.45, 2.75) is 6.92 Å². The van der Waals surface area contributed by atoms with Crippen LogP contribution in [0.3, 0.4) is 0 Å². The standard InChI is InChI=1S/C8H12O5/c1-6-7(9)12-4-2-11-3-5-13-8(6)10/h6H,2-5H2,1H3. The number of hydrogen-bond acceptors (Lipinski definition) is 5. The van der Waals surface area contributed by atoms with Gasteiger partial charge in [0.2, 0.25) is 0 Å². The highest BCUT2D eigenvalue weighted by Crippen LogP contribution is 2.03. The van der Waals surface area contributed by atoms with Crippen LogP contribution in [0.4, 0.5) is 0 Å². The van der Waals surface area contributed by atoms with E-state index in [1.54, 1.807) is 0 Å². The van der Waals surface area contributed by atoms with Gasteiger partial charge in [0.25, 0.3) is 0 Å². The molecule has 0 aliphatic carbocycles. The van der Waals surface area contributed by atoms with E-state index in [4.69, 9.17) is 14.2 Å². The third-order valence-electron chi connectivity index (χ3n) is 1.65. The van der Waals surface area contributed by atoms with Crippen molar-refractivity contribution in [3.8, 4) is 0 Å². The molecule has 1 aliphatic heterocycles. The molecule has 0 saturated carbocycles. The minimum Gasteiger partial charge on any atom is -0.463 e. The molecule has 0 unspecified atom stereocenters. The zero-order valence-electron chi connectivity index (χ0n) is 7.45. The molecule has 0 N–H and O–H groups in total. The van der Waals surface area contributed by atoms with Crippen LogP contribution >= 0.6 is 0 Å². The topological polar surface area (TPSA) is 61.8 Å². The van der Waals surface area contributed by atoms with E-state index in [1.165, 1.54) is 6.92 Å². The van der Waals surface area contributed by atoms with Crippen molar-refractivity contribution in [1.82, 2.24) is 0 Å². The van der Waals surface area contributed by atoms with Crippen molar-refractivity contribution in [2.24, 2.45) is 5.92 Å². The van der Waals surface area contributed by atoms with Gasteiger partial charge in [-0.2, -0.15) is 0 Å². The molecule has 0 aromatic heterocycles. The Morgan fingerprint density at radius 3 is 1.92 bits per heavy atom. The molecule has 1 rings (SSSR count). The van der Waals surface area contributed by atoms with Gasteiger partial charge in [0.15, 0.2) is 5.92 Å². The van der Waals surface area contributed by atoms with Gasteiger partial charge in [0, 0.05) is 0 Å². The highest BCUT2D eigenvalue weighted by molar-refractivity contribution is 5.94. The maximum atomic E-state index is 11.1. The van der Waals surface area contributed by atoms with Crippen LogP contribution in [0.2, 0.25) is 0 Å². The molecule has 1 heterocycles. The van der Waals surface area contributed by atoms with E-state index >= 15 is 0 Å². The lowest BCUT2D eigenvalue weighted by Crippen LogP contribution is -2.29. The third kappa shape index (κ3) is 3.02. The number of ether oxygens (including phenoxy) is 3. The normalized spacial score (nSPS) is 21.9. The van der Waals surface area contributed by atoms with Gasteiger partial charge in [0.05, 0.1) is 13.2 Å². The molecule has 0 atom stereocenters. The Morgan fingerprint density at radius 2 is 1.46 bits per heavy atom. The first-order valence-corrected chi connectivity index (χ1v) is 4.13. The smallest absolute Gasteiger partial charge is 0.320 e. The largest absolute Gasteiger partial charge is 0.463 e. The Kier molecular flexibility index (Phi) is 3.70. The van der Waals surface area contributed by atoms with Gasteiger partial charge in [-0.3, -0.25) is 9.59 Å². The van der Waals surface area contributed by atoms with Gasteiger partial charge in [0.1, 0.15) is 13.2 Å². The first-order chi connectivity index (χ1) is 6.22. The van der Waals surface area contributed by atoms with Crippen molar-refractivity contribution in [3.05, 3.63) is 0 Å². The molecular formula is C8H12O5. The number of esters is 2. The SMILES string of the molecule is CC1C(=O)OCCOCCOC1=O. The van der Waals surface area contributed by atoms with Gasteiger partial charge >= 0.3 is 11.9 Å². The summed E-state index contributed by atoms with van der Waals surface area (Å²) in [6.45, 7) is 2.53. The molecule has 0 spiro atoms. The fraction of sp³-hybridized carbons (Fsp3) is 0.750. The van der Waals surface area contributed by atoms with Crippen LogP contribution in [0.15, 0.2) is 0 Å². The van der Waals surface area contributed by atoms with Gasteiger partial charge in [-0.1, -0.05) is 0 Å². The predicted octanol–water partition coefficient (Wildman–Crippen LogP) is -0.261. The Hall–Kier alpha value is -1.10. The van der Waals surface area contributed by atoms with Crippen LogP contribution in [0.1, 0.15) is 6.92 Å². The lowest BCUT2D eigenvalue weighted by atomic mass is 10.2. The second-order valence-corrected chi connectivity index (χ2v) is 2.67. The first kappa shape index (κ1) is 9.98. The van der Waals surface area contributed by atoms with Crippen LogP contribution in [-0.4, -0.2) is 38.4 Å². The summed E-state index contributed by atoms with van der Waals surface area (Å²) in [5, 5.41) is 0. The maximum absolute atomic E-state index is 11.1. The zero-order valence-corrected chi connectivity index (χ0v) is 7.45. The quantitative estimate of drug-likeness (QED) is 0.387. The number of carbonyl (C=O) groups excluding carboxylic acids is 2. The van der Waals surface area contributed by atoms with E-state index in [0.717, 1.165) is 0 Å². The first-order valence-electron chi connectivity index (χ1n) is 4.13. The Balaban J connectivity index is 2.50.